The average molecular weight is 245 g/mol. The van der Waals surface area contributed by atoms with E-state index >= 15 is 0 Å². The standard InChI is InChI=1S/C10H10Cl2N2O/c1-15-10-4-8(11)6(3-9(10)12)2-7(14)5-13/h3-4,7H,2,14H2,1H3. The van der Waals surface area contributed by atoms with Crippen molar-refractivity contribution in [2.75, 3.05) is 7.11 Å². The number of nitrogens with zero attached hydrogens (tertiary/aromatic N) is 1. The van der Waals surface area contributed by atoms with Crippen LogP contribution in [-0.4, -0.2) is 13.2 Å². The Morgan fingerprint density at radius 3 is 2.67 bits per heavy atom. The van der Waals surface area contributed by atoms with Gasteiger partial charge in [-0.2, -0.15) is 5.26 Å². The van der Waals surface area contributed by atoms with Gasteiger partial charge in [-0.1, -0.05) is 23.2 Å². The predicted molar refractivity (Wildman–Crippen MR) is 60.3 cm³/mol. The van der Waals surface area contributed by atoms with Crippen LogP contribution in [0.2, 0.25) is 10.0 Å². The molecule has 0 bridgehead atoms. The lowest BCUT2D eigenvalue weighted by atomic mass is 10.1. The highest BCUT2D eigenvalue weighted by Gasteiger charge is 2.10. The number of hydrogen-bond donors (Lipinski definition) is 1. The van der Waals surface area contributed by atoms with Gasteiger partial charge in [-0.25, -0.2) is 0 Å². The molecule has 3 nitrogen and oxygen atoms in total. The van der Waals surface area contributed by atoms with E-state index in [1.54, 1.807) is 12.1 Å². The van der Waals surface area contributed by atoms with Gasteiger partial charge in [0.2, 0.25) is 0 Å². The number of methoxy groups -OCH3 is 1. The molecule has 0 fully saturated rings. The molecule has 0 amide bonds. The fourth-order valence-electron chi connectivity index (χ4n) is 1.17. The highest BCUT2D eigenvalue weighted by Crippen LogP contribution is 2.31. The molecular weight excluding hydrogens is 235 g/mol. The van der Waals surface area contributed by atoms with Crippen LogP contribution in [0.5, 0.6) is 5.75 Å². The number of hydrogen-bond acceptors (Lipinski definition) is 3. The Morgan fingerprint density at radius 1 is 1.47 bits per heavy atom. The van der Waals surface area contributed by atoms with Crippen LogP contribution in [0.4, 0.5) is 0 Å². The minimum Gasteiger partial charge on any atom is -0.495 e. The van der Waals surface area contributed by atoms with E-state index in [0.717, 1.165) is 5.56 Å². The van der Waals surface area contributed by atoms with E-state index in [2.05, 4.69) is 0 Å². The van der Waals surface area contributed by atoms with Crippen LogP contribution in [0.15, 0.2) is 12.1 Å². The van der Waals surface area contributed by atoms with Crippen molar-refractivity contribution in [3.05, 3.63) is 27.7 Å². The fraction of sp³-hybridized carbons (Fsp3) is 0.300. The normalized spacial score (nSPS) is 11.9. The van der Waals surface area contributed by atoms with Gasteiger partial charge in [-0.15, -0.1) is 0 Å². The molecule has 0 heterocycles. The van der Waals surface area contributed by atoms with Gasteiger partial charge in [0.05, 0.1) is 24.2 Å². The molecule has 1 aromatic carbocycles. The number of halogens is 2. The third-order valence-electron chi connectivity index (χ3n) is 1.93. The second kappa shape index (κ2) is 5.22. The Bertz CT molecular complexity index is 401. The Labute approximate surface area is 98.3 Å². The number of benzene rings is 1. The number of ether oxygens (including phenoxy) is 1. The van der Waals surface area contributed by atoms with Crippen molar-refractivity contribution in [2.45, 2.75) is 12.5 Å². The largest absolute Gasteiger partial charge is 0.495 e. The molecule has 1 rings (SSSR count). The highest BCUT2D eigenvalue weighted by atomic mass is 35.5. The van der Waals surface area contributed by atoms with Crippen molar-refractivity contribution in [1.82, 2.24) is 0 Å². The maximum absolute atomic E-state index is 8.58. The molecule has 0 aliphatic carbocycles. The van der Waals surface area contributed by atoms with Crippen LogP contribution in [0.3, 0.4) is 0 Å². The van der Waals surface area contributed by atoms with Gasteiger partial charge in [-0.05, 0) is 11.6 Å². The van der Waals surface area contributed by atoms with Crippen LogP contribution >= 0.6 is 23.2 Å². The number of rotatable bonds is 3. The van der Waals surface area contributed by atoms with Gasteiger partial charge in [0.25, 0.3) is 0 Å². The molecule has 1 aromatic rings. The molecule has 1 unspecified atom stereocenters. The Balaban J connectivity index is 3.01. The summed E-state index contributed by atoms with van der Waals surface area (Å²) < 4.78 is 5.00. The molecule has 0 radical (unpaired) electrons. The smallest absolute Gasteiger partial charge is 0.138 e. The maximum Gasteiger partial charge on any atom is 0.138 e. The summed E-state index contributed by atoms with van der Waals surface area (Å²) in [7, 11) is 1.51. The predicted octanol–water partition coefficient (Wildman–Crippen LogP) is 2.40. The van der Waals surface area contributed by atoms with Crippen molar-refractivity contribution >= 4 is 23.2 Å². The SMILES string of the molecule is COc1cc(Cl)c(CC(N)C#N)cc1Cl. The van der Waals surface area contributed by atoms with Gasteiger partial charge >= 0.3 is 0 Å². The van der Waals surface area contributed by atoms with Gasteiger partial charge in [0.15, 0.2) is 0 Å². The molecule has 0 aliphatic rings. The third kappa shape index (κ3) is 3.00. The lowest BCUT2D eigenvalue weighted by Gasteiger charge is -2.09. The van der Waals surface area contributed by atoms with Crippen molar-refractivity contribution < 1.29 is 4.74 Å². The first-order chi connectivity index (χ1) is 7.08. The first-order valence-corrected chi connectivity index (χ1v) is 5.01. The van der Waals surface area contributed by atoms with Crippen LogP contribution < -0.4 is 10.5 Å². The van der Waals surface area contributed by atoms with Crippen LogP contribution in [0, 0.1) is 11.3 Å². The van der Waals surface area contributed by atoms with Crippen LogP contribution in [-0.2, 0) is 6.42 Å². The first-order valence-electron chi connectivity index (χ1n) is 4.25. The zero-order valence-corrected chi connectivity index (χ0v) is 9.64. The topological polar surface area (TPSA) is 59.0 Å². The second-order valence-electron chi connectivity index (χ2n) is 3.02. The summed E-state index contributed by atoms with van der Waals surface area (Å²) in [5.41, 5.74) is 6.25. The molecule has 80 valence electrons. The van der Waals surface area contributed by atoms with Gasteiger partial charge < -0.3 is 10.5 Å². The number of nitriles is 1. The molecule has 15 heavy (non-hydrogen) atoms. The van der Waals surface area contributed by atoms with E-state index in [9.17, 15) is 0 Å². The van der Waals surface area contributed by atoms with E-state index in [1.165, 1.54) is 7.11 Å². The summed E-state index contributed by atoms with van der Waals surface area (Å²) in [6, 6.07) is 4.64. The highest BCUT2D eigenvalue weighted by molar-refractivity contribution is 6.34. The average Bonchev–Trinajstić information content (AvgIpc) is 2.22. The van der Waals surface area contributed by atoms with E-state index in [1.807, 2.05) is 6.07 Å². The first kappa shape index (κ1) is 12.1. The van der Waals surface area contributed by atoms with Crippen molar-refractivity contribution in [1.29, 1.82) is 5.26 Å². The molecule has 0 saturated carbocycles. The van der Waals surface area contributed by atoms with Crippen molar-refractivity contribution in [3.63, 3.8) is 0 Å². The third-order valence-corrected chi connectivity index (χ3v) is 2.57. The van der Waals surface area contributed by atoms with Crippen molar-refractivity contribution in [3.8, 4) is 11.8 Å². The quantitative estimate of drug-likeness (QED) is 0.889. The summed E-state index contributed by atoms with van der Waals surface area (Å²) in [5.74, 6) is 0.510. The molecule has 1 atom stereocenters. The molecule has 0 saturated heterocycles. The van der Waals surface area contributed by atoms with Gasteiger partial charge in [0.1, 0.15) is 5.75 Å². The Kier molecular flexibility index (Phi) is 4.22. The summed E-state index contributed by atoms with van der Waals surface area (Å²) in [6.07, 6.45) is 0.374. The second-order valence-corrected chi connectivity index (χ2v) is 3.83. The summed E-state index contributed by atoms with van der Waals surface area (Å²) >= 11 is 11.9. The molecule has 0 aliphatic heterocycles. The monoisotopic (exact) mass is 244 g/mol. The van der Waals surface area contributed by atoms with Gasteiger partial charge in [-0.3, -0.25) is 0 Å². The zero-order chi connectivity index (χ0) is 11.4. The van der Waals surface area contributed by atoms with Crippen LogP contribution in [0.1, 0.15) is 5.56 Å². The van der Waals surface area contributed by atoms with E-state index < -0.39 is 6.04 Å². The van der Waals surface area contributed by atoms with E-state index in [-0.39, 0.29) is 0 Å². The maximum atomic E-state index is 8.58. The minimum atomic E-state index is -0.577. The fourth-order valence-corrected chi connectivity index (χ4v) is 1.66. The summed E-state index contributed by atoms with van der Waals surface area (Å²) in [4.78, 5) is 0. The Hall–Kier alpha value is -0.950. The molecule has 0 aromatic heterocycles. The minimum absolute atomic E-state index is 0.374. The zero-order valence-electron chi connectivity index (χ0n) is 8.13. The van der Waals surface area contributed by atoms with E-state index in [4.69, 9.17) is 38.9 Å². The summed E-state index contributed by atoms with van der Waals surface area (Å²) in [6.45, 7) is 0. The molecule has 0 spiro atoms. The van der Waals surface area contributed by atoms with Crippen LogP contribution in [0.25, 0.3) is 0 Å². The summed E-state index contributed by atoms with van der Waals surface area (Å²) in [5, 5.41) is 9.54. The molecule has 5 heteroatoms. The lowest BCUT2D eigenvalue weighted by molar-refractivity contribution is 0.415. The van der Waals surface area contributed by atoms with Crippen molar-refractivity contribution in [2.24, 2.45) is 5.73 Å². The number of nitrogens with two attached hydrogens (primary N) is 1. The van der Waals surface area contributed by atoms with Gasteiger partial charge in [0, 0.05) is 17.5 Å². The van der Waals surface area contributed by atoms with E-state index in [0.29, 0.717) is 22.2 Å². The molecule has 2 N–H and O–H groups in total. The Morgan fingerprint density at radius 2 is 2.13 bits per heavy atom. The lowest BCUT2D eigenvalue weighted by Crippen LogP contribution is -2.20. The molecular formula is C10H10Cl2N2O.